The summed E-state index contributed by atoms with van der Waals surface area (Å²) in [5.41, 5.74) is 0.797. The fourth-order valence-corrected chi connectivity index (χ4v) is 3.75. The smallest absolute Gasteiger partial charge is 0.297 e. The SMILES string of the molecule is CC1(C)OCC([C@H]2O[C@H](/[N+]([O-])=C/c3ccccc3)[C@H]3OC(C)(C)O[C@H]32)O1. The molecule has 0 aliphatic carbocycles. The molecule has 0 saturated carbocycles. The van der Waals surface area contributed by atoms with Gasteiger partial charge in [0.25, 0.3) is 6.23 Å². The van der Waals surface area contributed by atoms with E-state index in [9.17, 15) is 5.21 Å². The van der Waals surface area contributed by atoms with Gasteiger partial charge in [-0.05, 0) is 39.8 Å². The van der Waals surface area contributed by atoms with Crippen LogP contribution < -0.4 is 0 Å². The summed E-state index contributed by atoms with van der Waals surface area (Å²) in [5.74, 6) is -1.46. The predicted molar refractivity (Wildman–Crippen MR) is 92.6 cm³/mol. The van der Waals surface area contributed by atoms with Crippen molar-refractivity contribution in [2.75, 3.05) is 6.61 Å². The third-order valence-electron chi connectivity index (χ3n) is 4.79. The summed E-state index contributed by atoms with van der Waals surface area (Å²) in [6, 6.07) is 9.39. The summed E-state index contributed by atoms with van der Waals surface area (Å²) < 4.78 is 30.5. The van der Waals surface area contributed by atoms with E-state index in [4.69, 9.17) is 23.7 Å². The molecule has 0 amide bonds. The Hall–Kier alpha value is -1.51. The Kier molecular flexibility index (Phi) is 4.32. The molecule has 3 heterocycles. The van der Waals surface area contributed by atoms with Crippen LogP contribution in [-0.4, -0.2) is 59.8 Å². The summed E-state index contributed by atoms with van der Waals surface area (Å²) in [6.45, 7) is 7.78. The highest BCUT2D eigenvalue weighted by molar-refractivity contribution is 5.75. The van der Waals surface area contributed by atoms with E-state index in [-0.39, 0.29) is 6.10 Å². The quantitative estimate of drug-likeness (QED) is 0.354. The lowest BCUT2D eigenvalue weighted by Gasteiger charge is -2.26. The van der Waals surface area contributed by atoms with Crippen LogP contribution in [0.4, 0.5) is 0 Å². The number of benzene rings is 1. The molecular formula is C19H25NO6. The molecule has 7 nitrogen and oxygen atoms in total. The topological polar surface area (TPSA) is 72.2 Å². The van der Waals surface area contributed by atoms with Gasteiger partial charge in [-0.25, -0.2) is 0 Å². The van der Waals surface area contributed by atoms with Crippen LogP contribution in [0, 0.1) is 5.21 Å². The fourth-order valence-electron chi connectivity index (χ4n) is 3.75. The summed E-state index contributed by atoms with van der Waals surface area (Å²) in [4.78, 5) is 0. The van der Waals surface area contributed by atoms with Gasteiger partial charge in [-0.3, -0.25) is 0 Å². The Morgan fingerprint density at radius 3 is 2.31 bits per heavy atom. The first kappa shape index (κ1) is 17.9. The van der Waals surface area contributed by atoms with E-state index >= 15 is 0 Å². The molecule has 26 heavy (non-hydrogen) atoms. The second kappa shape index (κ2) is 6.28. The van der Waals surface area contributed by atoms with E-state index in [1.54, 1.807) is 0 Å². The Bertz CT molecular complexity index is 689. The van der Waals surface area contributed by atoms with Gasteiger partial charge in [-0.15, -0.1) is 0 Å². The van der Waals surface area contributed by atoms with Gasteiger partial charge in [-0.1, -0.05) is 18.2 Å². The van der Waals surface area contributed by atoms with Gasteiger partial charge in [0.05, 0.1) is 6.61 Å². The van der Waals surface area contributed by atoms with E-state index in [1.165, 1.54) is 6.21 Å². The molecule has 3 aliphatic heterocycles. The van der Waals surface area contributed by atoms with Gasteiger partial charge in [0, 0.05) is 5.56 Å². The van der Waals surface area contributed by atoms with Gasteiger partial charge in [0.1, 0.15) is 18.3 Å². The number of hydrogen-bond donors (Lipinski definition) is 0. The van der Waals surface area contributed by atoms with Gasteiger partial charge in [0.15, 0.2) is 23.9 Å². The van der Waals surface area contributed by atoms with Crippen molar-refractivity contribution in [1.29, 1.82) is 0 Å². The van der Waals surface area contributed by atoms with Crippen LogP contribution in [0.1, 0.15) is 33.3 Å². The minimum Gasteiger partial charge on any atom is -0.622 e. The molecule has 0 bridgehead atoms. The zero-order chi connectivity index (χ0) is 18.5. The van der Waals surface area contributed by atoms with Crippen molar-refractivity contribution in [1.82, 2.24) is 0 Å². The molecule has 3 fully saturated rings. The number of fused-ring (bicyclic) bond motifs is 1. The molecule has 3 aliphatic rings. The van der Waals surface area contributed by atoms with Gasteiger partial charge < -0.3 is 28.9 Å². The zero-order valence-electron chi connectivity index (χ0n) is 15.5. The van der Waals surface area contributed by atoms with Crippen molar-refractivity contribution in [2.24, 2.45) is 0 Å². The molecule has 142 valence electrons. The molecule has 0 radical (unpaired) electrons. The number of hydroxylamine groups is 1. The fraction of sp³-hybridized carbons (Fsp3) is 0.632. The van der Waals surface area contributed by atoms with E-state index in [1.807, 2.05) is 58.0 Å². The van der Waals surface area contributed by atoms with Crippen LogP contribution in [-0.2, 0) is 23.7 Å². The van der Waals surface area contributed by atoms with Crippen LogP contribution >= 0.6 is 0 Å². The van der Waals surface area contributed by atoms with E-state index < -0.39 is 36.1 Å². The lowest BCUT2D eigenvalue weighted by atomic mass is 10.1. The molecule has 4 rings (SSSR count). The maximum absolute atomic E-state index is 12.8. The number of rotatable bonds is 3. The Morgan fingerprint density at radius 2 is 1.65 bits per heavy atom. The maximum Gasteiger partial charge on any atom is 0.297 e. The van der Waals surface area contributed by atoms with Crippen LogP contribution in [0.25, 0.3) is 0 Å². The summed E-state index contributed by atoms with van der Waals surface area (Å²) in [7, 11) is 0. The van der Waals surface area contributed by atoms with Crippen LogP contribution in [0.3, 0.4) is 0 Å². The molecule has 0 spiro atoms. The highest BCUT2D eigenvalue weighted by Crippen LogP contribution is 2.42. The molecule has 5 atom stereocenters. The first-order valence-electron chi connectivity index (χ1n) is 8.92. The van der Waals surface area contributed by atoms with E-state index in [0.29, 0.717) is 6.61 Å². The summed E-state index contributed by atoms with van der Waals surface area (Å²) in [5, 5.41) is 12.8. The summed E-state index contributed by atoms with van der Waals surface area (Å²) in [6.07, 6.45) is -0.939. The van der Waals surface area contributed by atoms with Crippen molar-refractivity contribution in [3.05, 3.63) is 41.1 Å². The molecule has 1 unspecified atom stereocenters. The lowest BCUT2D eigenvalue weighted by molar-refractivity contribution is -0.562. The Labute approximate surface area is 153 Å². The average molecular weight is 363 g/mol. The molecule has 0 aromatic heterocycles. The van der Waals surface area contributed by atoms with Crippen molar-refractivity contribution >= 4 is 6.21 Å². The molecule has 3 saturated heterocycles. The standard InChI is InChI=1S/C19H25NO6/c1-18(2)22-11-13(24-18)14-15-16(26-19(3,4)25-15)17(23-14)20(21)10-12-8-6-5-7-9-12/h5-10,13-17H,11H2,1-4H3/b20-10-/t13?,14-,15+,16+,17+/m1/s1. The van der Waals surface area contributed by atoms with Gasteiger partial charge in [0.2, 0.25) is 0 Å². The van der Waals surface area contributed by atoms with Crippen LogP contribution in [0.15, 0.2) is 30.3 Å². The van der Waals surface area contributed by atoms with E-state index in [0.717, 1.165) is 10.3 Å². The van der Waals surface area contributed by atoms with Crippen LogP contribution in [0.2, 0.25) is 0 Å². The van der Waals surface area contributed by atoms with Crippen molar-refractivity contribution in [3.63, 3.8) is 0 Å². The van der Waals surface area contributed by atoms with Crippen LogP contribution in [0.5, 0.6) is 0 Å². The second-order valence-electron chi connectivity index (χ2n) is 7.82. The second-order valence-corrected chi connectivity index (χ2v) is 7.82. The highest BCUT2D eigenvalue weighted by atomic mass is 16.8. The van der Waals surface area contributed by atoms with Gasteiger partial charge in [-0.2, -0.15) is 4.74 Å². The van der Waals surface area contributed by atoms with Crippen molar-refractivity contribution < 1.29 is 28.4 Å². The first-order chi connectivity index (χ1) is 12.2. The van der Waals surface area contributed by atoms with Crippen molar-refractivity contribution in [3.8, 4) is 0 Å². The van der Waals surface area contributed by atoms with Crippen molar-refractivity contribution in [2.45, 2.75) is 69.9 Å². The zero-order valence-corrected chi connectivity index (χ0v) is 15.5. The minimum absolute atomic E-state index is 0.315. The third kappa shape index (κ3) is 3.37. The largest absolute Gasteiger partial charge is 0.622 e. The van der Waals surface area contributed by atoms with E-state index in [2.05, 4.69) is 0 Å². The molecule has 1 aromatic carbocycles. The first-order valence-corrected chi connectivity index (χ1v) is 8.92. The molecular weight excluding hydrogens is 338 g/mol. The summed E-state index contributed by atoms with van der Waals surface area (Å²) >= 11 is 0. The average Bonchev–Trinajstić information content (AvgIpc) is 3.18. The minimum atomic E-state index is -0.806. The third-order valence-corrected chi connectivity index (χ3v) is 4.79. The number of nitrogens with zero attached hydrogens (tertiary/aromatic N) is 1. The predicted octanol–water partition coefficient (Wildman–Crippen LogP) is 2.01. The lowest BCUT2D eigenvalue weighted by Crippen LogP contribution is -2.40. The number of hydrogen-bond acceptors (Lipinski definition) is 6. The Morgan fingerprint density at radius 1 is 0.962 bits per heavy atom. The van der Waals surface area contributed by atoms with Gasteiger partial charge >= 0.3 is 0 Å². The Balaban J connectivity index is 1.59. The highest BCUT2D eigenvalue weighted by Gasteiger charge is 2.62. The normalized spacial score (nSPS) is 38.5. The number of ether oxygens (including phenoxy) is 5. The maximum atomic E-state index is 12.8. The molecule has 7 heteroatoms. The molecule has 0 N–H and O–H groups in total. The monoisotopic (exact) mass is 363 g/mol. The molecule has 1 aromatic rings.